The lowest BCUT2D eigenvalue weighted by molar-refractivity contribution is 0.0527. The maximum atomic E-state index is 13.6. The van der Waals surface area contributed by atoms with Crippen LogP contribution in [-0.4, -0.2) is 27.5 Å². The topological polar surface area (TPSA) is 65.0 Å². The van der Waals surface area contributed by atoms with Crippen LogP contribution in [0.15, 0.2) is 30.9 Å². The lowest BCUT2D eigenvalue weighted by Crippen LogP contribution is -2.08. The van der Waals surface area contributed by atoms with Crippen LogP contribution in [0, 0.1) is 5.82 Å². The summed E-state index contributed by atoms with van der Waals surface area (Å²) < 4.78 is 18.5. The SMILES string of the molecule is CCOC(=O)c1cccnc1-c1ncncc1F. The third-order valence-corrected chi connectivity index (χ3v) is 2.19. The monoisotopic (exact) mass is 247 g/mol. The molecule has 0 saturated heterocycles. The highest BCUT2D eigenvalue weighted by Gasteiger charge is 2.18. The fraction of sp³-hybridized carbons (Fsp3) is 0.167. The molecule has 0 saturated carbocycles. The van der Waals surface area contributed by atoms with E-state index in [0.717, 1.165) is 6.20 Å². The molecule has 0 bridgehead atoms. The molecule has 5 nitrogen and oxygen atoms in total. The Bertz CT molecular complexity index is 575. The smallest absolute Gasteiger partial charge is 0.340 e. The van der Waals surface area contributed by atoms with E-state index in [0.29, 0.717) is 0 Å². The maximum Gasteiger partial charge on any atom is 0.340 e. The van der Waals surface area contributed by atoms with Crippen LogP contribution in [0.1, 0.15) is 17.3 Å². The molecule has 0 amide bonds. The van der Waals surface area contributed by atoms with Crippen LogP contribution in [0.2, 0.25) is 0 Å². The van der Waals surface area contributed by atoms with Crippen LogP contribution >= 0.6 is 0 Å². The van der Waals surface area contributed by atoms with Gasteiger partial charge in [-0.05, 0) is 19.1 Å². The molecule has 0 atom stereocenters. The van der Waals surface area contributed by atoms with Crippen molar-refractivity contribution in [1.82, 2.24) is 15.0 Å². The van der Waals surface area contributed by atoms with Crippen molar-refractivity contribution in [3.8, 4) is 11.4 Å². The van der Waals surface area contributed by atoms with Crippen molar-refractivity contribution in [2.75, 3.05) is 6.61 Å². The van der Waals surface area contributed by atoms with Gasteiger partial charge in [0.05, 0.1) is 18.4 Å². The number of hydrogen-bond donors (Lipinski definition) is 0. The molecule has 0 spiro atoms. The Labute approximate surface area is 103 Å². The molecule has 92 valence electrons. The molecule has 2 rings (SSSR count). The molecule has 2 aromatic rings. The zero-order valence-corrected chi connectivity index (χ0v) is 9.63. The third-order valence-electron chi connectivity index (χ3n) is 2.19. The van der Waals surface area contributed by atoms with E-state index in [4.69, 9.17) is 4.74 Å². The fourth-order valence-corrected chi connectivity index (χ4v) is 1.45. The van der Waals surface area contributed by atoms with Gasteiger partial charge in [-0.2, -0.15) is 0 Å². The Kier molecular flexibility index (Phi) is 3.57. The molecule has 0 N–H and O–H groups in total. The second-order valence-electron chi connectivity index (χ2n) is 3.34. The van der Waals surface area contributed by atoms with Crippen molar-refractivity contribution in [1.29, 1.82) is 0 Å². The van der Waals surface area contributed by atoms with Crippen LogP contribution < -0.4 is 0 Å². The molecule has 0 fully saturated rings. The Morgan fingerprint density at radius 2 is 2.22 bits per heavy atom. The van der Waals surface area contributed by atoms with Crippen molar-refractivity contribution in [3.05, 3.63) is 42.2 Å². The summed E-state index contributed by atoms with van der Waals surface area (Å²) in [5, 5.41) is 0. The average Bonchev–Trinajstić information content (AvgIpc) is 2.40. The Morgan fingerprint density at radius 3 is 2.94 bits per heavy atom. The summed E-state index contributed by atoms with van der Waals surface area (Å²) in [7, 11) is 0. The second-order valence-corrected chi connectivity index (χ2v) is 3.34. The molecule has 0 aliphatic rings. The van der Waals surface area contributed by atoms with Gasteiger partial charge in [-0.15, -0.1) is 0 Å². The molecular weight excluding hydrogens is 237 g/mol. The van der Waals surface area contributed by atoms with Gasteiger partial charge in [0, 0.05) is 6.20 Å². The van der Waals surface area contributed by atoms with E-state index in [1.807, 2.05) is 0 Å². The van der Waals surface area contributed by atoms with Gasteiger partial charge in [-0.3, -0.25) is 4.98 Å². The van der Waals surface area contributed by atoms with Gasteiger partial charge in [0.2, 0.25) is 0 Å². The molecule has 0 unspecified atom stereocenters. The molecule has 2 aromatic heterocycles. The van der Waals surface area contributed by atoms with Gasteiger partial charge < -0.3 is 4.74 Å². The van der Waals surface area contributed by atoms with E-state index in [1.54, 1.807) is 13.0 Å². The minimum Gasteiger partial charge on any atom is -0.462 e. The highest BCUT2D eigenvalue weighted by Crippen LogP contribution is 2.21. The van der Waals surface area contributed by atoms with Crippen molar-refractivity contribution >= 4 is 5.97 Å². The Morgan fingerprint density at radius 1 is 1.39 bits per heavy atom. The zero-order valence-electron chi connectivity index (χ0n) is 9.63. The molecule has 0 aliphatic carbocycles. The van der Waals surface area contributed by atoms with Gasteiger partial charge >= 0.3 is 5.97 Å². The fourth-order valence-electron chi connectivity index (χ4n) is 1.45. The number of hydrogen-bond acceptors (Lipinski definition) is 5. The number of ether oxygens (including phenoxy) is 1. The molecule has 18 heavy (non-hydrogen) atoms. The highest BCUT2D eigenvalue weighted by atomic mass is 19.1. The number of rotatable bonds is 3. The lowest BCUT2D eigenvalue weighted by atomic mass is 10.1. The number of pyridine rings is 1. The van der Waals surface area contributed by atoms with E-state index in [1.165, 1.54) is 18.6 Å². The van der Waals surface area contributed by atoms with Gasteiger partial charge in [0.15, 0.2) is 5.82 Å². The van der Waals surface area contributed by atoms with Crippen LogP contribution in [0.5, 0.6) is 0 Å². The van der Waals surface area contributed by atoms with E-state index < -0.39 is 11.8 Å². The number of carbonyl (C=O) groups excluding carboxylic acids is 1. The van der Waals surface area contributed by atoms with Crippen LogP contribution in [-0.2, 0) is 4.74 Å². The first kappa shape index (κ1) is 12.1. The van der Waals surface area contributed by atoms with Crippen molar-refractivity contribution in [3.63, 3.8) is 0 Å². The lowest BCUT2D eigenvalue weighted by Gasteiger charge is -2.07. The van der Waals surface area contributed by atoms with Crippen molar-refractivity contribution in [2.45, 2.75) is 6.92 Å². The summed E-state index contributed by atoms with van der Waals surface area (Å²) in [4.78, 5) is 23.1. The number of carbonyl (C=O) groups is 1. The zero-order chi connectivity index (χ0) is 13.0. The van der Waals surface area contributed by atoms with Gasteiger partial charge in [0.25, 0.3) is 0 Å². The largest absolute Gasteiger partial charge is 0.462 e. The van der Waals surface area contributed by atoms with Crippen molar-refractivity contribution in [2.24, 2.45) is 0 Å². The molecular formula is C12H10FN3O2. The van der Waals surface area contributed by atoms with E-state index in [9.17, 15) is 9.18 Å². The Balaban J connectivity index is 2.52. The minimum absolute atomic E-state index is 0.0198. The summed E-state index contributed by atoms with van der Waals surface area (Å²) >= 11 is 0. The quantitative estimate of drug-likeness (QED) is 0.774. The summed E-state index contributed by atoms with van der Waals surface area (Å²) in [6, 6.07) is 3.09. The van der Waals surface area contributed by atoms with Crippen LogP contribution in [0.3, 0.4) is 0 Å². The van der Waals surface area contributed by atoms with Gasteiger partial charge in [0.1, 0.15) is 17.7 Å². The molecule has 0 aromatic carbocycles. The van der Waals surface area contributed by atoms with Gasteiger partial charge in [-0.1, -0.05) is 0 Å². The molecule has 2 heterocycles. The first-order valence-corrected chi connectivity index (χ1v) is 5.32. The molecule has 0 aliphatic heterocycles. The summed E-state index contributed by atoms with van der Waals surface area (Å²) in [5.74, 6) is -1.19. The third kappa shape index (κ3) is 2.32. The van der Waals surface area contributed by atoms with Crippen LogP contribution in [0.25, 0.3) is 11.4 Å². The first-order chi connectivity index (χ1) is 8.74. The maximum absolute atomic E-state index is 13.6. The standard InChI is InChI=1S/C12H10FN3O2/c1-2-18-12(17)8-4-3-5-15-10(8)11-9(13)6-14-7-16-11/h3-7H,2H2,1H3. The highest BCUT2D eigenvalue weighted by molar-refractivity contribution is 5.95. The normalized spacial score (nSPS) is 10.1. The number of halogens is 1. The Hall–Kier alpha value is -2.37. The number of nitrogens with zero attached hydrogens (tertiary/aromatic N) is 3. The predicted molar refractivity (Wildman–Crippen MR) is 61.2 cm³/mol. The molecule has 6 heteroatoms. The van der Waals surface area contributed by atoms with Crippen LogP contribution in [0.4, 0.5) is 4.39 Å². The van der Waals surface area contributed by atoms with E-state index in [-0.39, 0.29) is 23.6 Å². The summed E-state index contributed by atoms with van der Waals surface area (Å²) in [6.07, 6.45) is 3.67. The second kappa shape index (κ2) is 5.31. The average molecular weight is 247 g/mol. The number of esters is 1. The summed E-state index contributed by atoms with van der Waals surface area (Å²) in [5.41, 5.74) is 0.307. The first-order valence-electron chi connectivity index (χ1n) is 5.32. The van der Waals surface area contributed by atoms with Crippen molar-refractivity contribution < 1.29 is 13.9 Å². The van der Waals surface area contributed by atoms with E-state index >= 15 is 0 Å². The predicted octanol–water partition coefficient (Wildman–Crippen LogP) is 1.85. The number of aromatic nitrogens is 3. The summed E-state index contributed by atoms with van der Waals surface area (Å²) in [6.45, 7) is 1.93. The minimum atomic E-state index is -0.637. The molecule has 0 radical (unpaired) electrons. The van der Waals surface area contributed by atoms with Gasteiger partial charge in [-0.25, -0.2) is 19.2 Å². The van der Waals surface area contributed by atoms with E-state index in [2.05, 4.69) is 15.0 Å².